The van der Waals surface area contributed by atoms with E-state index in [0.717, 1.165) is 28.1 Å². The van der Waals surface area contributed by atoms with E-state index in [0.29, 0.717) is 0 Å². The number of para-hydroxylation sites is 1. The normalized spacial score (nSPS) is 11.1. The number of imidazole rings is 1. The molecule has 0 amide bonds. The van der Waals surface area contributed by atoms with Gasteiger partial charge in [0.15, 0.2) is 0 Å². The molecule has 0 spiro atoms. The van der Waals surface area contributed by atoms with Gasteiger partial charge in [-0.25, -0.2) is 9.37 Å². The summed E-state index contributed by atoms with van der Waals surface area (Å²) in [5.74, 6) is 0.727. The van der Waals surface area contributed by atoms with E-state index in [9.17, 15) is 4.39 Å². The molecule has 0 aliphatic rings. The van der Waals surface area contributed by atoms with Crippen LogP contribution >= 0.6 is 11.6 Å². The number of halogens is 2. The number of rotatable bonds is 2. The molecule has 1 heterocycles. The Hall–Kier alpha value is -1.87. The second kappa shape index (κ2) is 4.67. The van der Waals surface area contributed by atoms with Crippen LogP contribution < -0.4 is 0 Å². The topological polar surface area (TPSA) is 17.8 Å². The summed E-state index contributed by atoms with van der Waals surface area (Å²) < 4.78 is 15.4. The zero-order valence-corrected chi connectivity index (χ0v) is 11.2. The third-order valence-electron chi connectivity index (χ3n) is 3.16. The van der Waals surface area contributed by atoms with Crippen LogP contribution in [-0.4, -0.2) is 9.55 Å². The van der Waals surface area contributed by atoms with Crippen LogP contribution in [0.3, 0.4) is 0 Å². The van der Waals surface area contributed by atoms with Crippen molar-refractivity contribution in [1.29, 1.82) is 0 Å². The van der Waals surface area contributed by atoms with E-state index in [1.54, 1.807) is 6.07 Å². The van der Waals surface area contributed by atoms with Crippen molar-refractivity contribution in [1.82, 2.24) is 9.55 Å². The summed E-state index contributed by atoms with van der Waals surface area (Å²) in [5.41, 5.74) is 3.56. The lowest BCUT2D eigenvalue weighted by molar-refractivity contribution is 0.629. The highest BCUT2D eigenvalue weighted by Crippen LogP contribution is 2.25. The molecule has 3 rings (SSSR count). The van der Waals surface area contributed by atoms with Crippen LogP contribution in [-0.2, 0) is 5.88 Å². The van der Waals surface area contributed by atoms with Gasteiger partial charge in [-0.15, -0.1) is 11.6 Å². The van der Waals surface area contributed by atoms with Crippen molar-refractivity contribution in [3.05, 3.63) is 59.7 Å². The zero-order chi connectivity index (χ0) is 13.4. The molecular weight excluding hydrogens is 263 g/mol. The second-order valence-corrected chi connectivity index (χ2v) is 4.68. The number of benzene rings is 2. The molecule has 0 fully saturated rings. The molecule has 0 N–H and O–H groups in total. The molecule has 0 bridgehead atoms. The van der Waals surface area contributed by atoms with Crippen LogP contribution in [0.1, 0.15) is 11.4 Å². The summed E-state index contributed by atoms with van der Waals surface area (Å²) in [4.78, 5) is 4.45. The Morgan fingerprint density at radius 3 is 2.74 bits per heavy atom. The number of nitrogens with zero attached hydrogens (tertiary/aromatic N) is 2. The third-order valence-corrected chi connectivity index (χ3v) is 3.40. The SMILES string of the molecule is Cc1ccccc1-n1c(CCl)nc2ccc(F)cc21. The maximum absolute atomic E-state index is 13.5. The Bertz CT molecular complexity index is 749. The van der Waals surface area contributed by atoms with E-state index in [1.165, 1.54) is 12.1 Å². The van der Waals surface area contributed by atoms with Crippen molar-refractivity contribution in [3.63, 3.8) is 0 Å². The number of hydrogen-bond donors (Lipinski definition) is 0. The van der Waals surface area contributed by atoms with Crippen LogP contribution in [0.5, 0.6) is 0 Å². The first-order valence-corrected chi connectivity index (χ1v) is 6.53. The predicted octanol–water partition coefficient (Wildman–Crippen LogP) is 4.21. The summed E-state index contributed by atoms with van der Waals surface area (Å²) in [6.07, 6.45) is 0. The number of alkyl halides is 1. The Morgan fingerprint density at radius 1 is 1.21 bits per heavy atom. The fraction of sp³-hybridized carbons (Fsp3) is 0.133. The molecule has 0 aliphatic carbocycles. The molecule has 4 heteroatoms. The van der Waals surface area contributed by atoms with Crippen molar-refractivity contribution < 1.29 is 4.39 Å². The average molecular weight is 275 g/mol. The lowest BCUT2D eigenvalue weighted by atomic mass is 10.2. The molecule has 1 aromatic heterocycles. The van der Waals surface area contributed by atoms with Gasteiger partial charge < -0.3 is 0 Å². The van der Waals surface area contributed by atoms with Gasteiger partial charge in [0.2, 0.25) is 0 Å². The zero-order valence-electron chi connectivity index (χ0n) is 10.4. The monoisotopic (exact) mass is 274 g/mol. The standard InChI is InChI=1S/C15H12ClFN2/c1-10-4-2-3-5-13(10)19-14-8-11(17)6-7-12(14)18-15(19)9-16/h2-8H,9H2,1H3. The van der Waals surface area contributed by atoms with Gasteiger partial charge in [0.25, 0.3) is 0 Å². The van der Waals surface area contributed by atoms with E-state index in [1.807, 2.05) is 35.8 Å². The van der Waals surface area contributed by atoms with Gasteiger partial charge in [0.05, 0.1) is 22.6 Å². The summed E-state index contributed by atoms with van der Waals surface area (Å²) >= 11 is 5.97. The van der Waals surface area contributed by atoms with Gasteiger partial charge in [-0.2, -0.15) is 0 Å². The van der Waals surface area contributed by atoms with Gasteiger partial charge >= 0.3 is 0 Å². The molecule has 0 saturated carbocycles. The molecule has 2 aromatic carbocycles. The molecule has 0 aliphatic heterocycles. The Labute approximate surface area is 115 Å². The number of fused-ring (bicyclic) bond motifs is 1. The molecule has 96 valence electrons. The minimum absolute atomic E-state index is 0.275. The minimum atomic E-state index is -0.275. The largest absolute Gasteiger partial charge is 0.295 e. The molecule has 0 atom stereocenters. The number of aryl methyl sites for hydroxylation is 1. The van der Waals surface area contributed by atoms with E-state index in [2.05, 4.69) is 4.98 Å². The van der Waals surface area contributed by atoms with E-state index < -0.39 is 0 Å². The van der Waals surface area contributed by atoms with Crippen LogP contribution in [0, 0.1) is 12.7 Å². The molecule has 0 radical (unpaired) electrons. The molecule has 0 unspecified atom stereocenters. The van der Waals surface area contributed by atoms with Gasteiger partial charge in [0.1, 0.15) is 11.6 Å². The van der Waals surface area contributed by atoms with E-state index in [4.69, 9.17) is 11.6 Å². The molecular formula is C15H12ClFN2. The van der Waals surface area contributed by atoms with Crippen molar-refractivity contribution in [2.45, 2.75) is 12.8 Å². The summed E-state index contributed by atoms with van der Waals surface area (Å²) in [5, 5.41) is 0. The summed E-state index contributed by atoms with van der Waals surface area (Å²) in [7, 11) is 0. The van der Waals surface area contributed by atoms with Crippen LogP contribution in [0.15, 0.2) is 42.5 Å². The van der Waals surface area contributed by atoms with E-state index in [-0.39, 0.29) is 11.7 Å². The average Bonchev–Trinajstić information content (AvgIpc) is 2.77. The van der Waals surface area contributed by atoms with Crippen LogP contribution in [0.25, 0.3) is 16.7 Å². The smallest absolute Gasteiger partial charge is 0.129 e. The van der Waals surface area contributed by atoms with Crippen molar-refractivity contribution in [2.75, 3.05) is 0 Å². The highest BCUT2D eigenvalue weighted by Gasteiger charge is 2.13. The van der Waals surface area contributed by atoms with Gasteiger partial charge in [0, 0.05) is 6.07 Å². The predicted molar refractivity (Wildman–Crippen MR) is 75.3 cm³/mol. The fourth-order valence-electron chi connectivity index (χ4n) is 2.27. The molecule has 19 heavy (non-hydrogen) atoms. The maximum Gasteiger partial charge on any atom is 0.129 e. The third kappa shape index (κ3) is 2.00. The molecule has 3 aromatic rings. The first kappa shape index (κ1) is 12.2. The fourth-order valence-corrected chi connectivity index (χ4v) is 2.45. The van der Waals surface area contributed by atoms with Crippen LogP contribution in [0.2, 0.25) is 0 Å². The first-order valence-electron chi connectivity index (χ1n) is 5.99. The van der Waals surface area contributed by atoms with Gasteiger partial charge in [-0.1, -0.05) is 18.2 Å². The quantitative estimate of drug-likeness (QED) is 0.640. The van der Waals surface area contributed by atoms with E-state index >= 15 is 0 Å². The molecule has 2 nitrogen and oxygen atoms in total. The number of hydrogen-bond acceptors (Lipinski definition) is 1. The Kier molecular flexibility index (Phi) is 2.99. The van der Waals surface area contributed by atoms with Gasteiger partial charge in [-0.3, -0.25) is 4.57 Å². The number of aromatic nitrogens is 2. The lowest BCUT2D eigenvalue weighted by Gasteiger charge is -2.10. The maximum atomic E-state index is 13.5. The highest BCUT2D eigenvalue weighted by atomic mass is 35.5. The van der Waals surface area contributed by atoms with Crippen molar-refractivity contribution in [2.24, 2.45) is 0 Å². The first-order chi connectivity index (χ1) is 9.20. The van der Waals surface area contributed by atoms with Crippen molar-refractivity contribution in [3.8, 4) is 5.69 Å². The minimum Gasteiger partial charge on any atom is -0.295 e. The van der Waals surface area contributed by atoms with Crippen molar-refractivity contribution >= 4 is 22.6 Å². The Balaban J connectivity index is 2.38. The Morgan fingerprint density at radius 2 is 2.00 bits per heavy atom. The summed E-state index contributed by atoms with van der Waals surface area (Å²) in [6.45, 7) is 2.01. The second-order valence-electron chi connectivity index (χ2n) is 4.42. The lowest BCUT2D eigenvalue weighted by Crippen LogP contribution is -2.01. The molecule has 0 saturated heterocycles. The summed E-state index contributed by atoms with van der Waals surface area (Å²) in [6, 6.07) is 12.5. The van der Waals surface area contributed by atoms with Gasteiger partial charge in [-0.05, 0) is 30.7 Å². The highest BCUT2D eigenvalue weighted by molar-refractivity contribution is 6.17. The van der Waals surface area contributed by atoms with Crippen LogP contribution in [0.4, 0.5) is 4.39 Å².